The topological polar surface area (TPSA) is 46.0 Å². The fraction of sp³-hybridized carbons (Fsp3) is 0.333. The largest absolute Gasteiger partial charge is 0.477 e. The molecular weight excluding hydrogens is 152 g/mol. The van der Waals surface area contributed by atoms with Crippen molar-refractivity contribution in [2.45, 2.75) is 13.8 Å². The molecule has 0 aliphatic carbocycles. The number of ether oxygens (including phenoxy) is 1. The lowest BCUT2D eigenvalue weighted by Gasteiger charge is -2.03. The molecule has 0 spiro atoms. The molecule has 0 bridgehead atoms. The van der Waals surface area contributed by atoms with Crippen molar-refractivity contribution in [1.82, 2.24) is 4.98 Å². The van der Waals surface area contributed by atoms with Crippen LogP contribution in [-0.2, 0) is 4.74 Å². The van der Waals surface area contributed by atoms with Crippen LogP contribution in [0.25, 0.3) is 0 Å². The second-order valence-corrected chi connectivity index (χ2v) is 2.43. The molecule has 3 nitrogen and oxygen atoms in total. The number of nitrogens with one attached hydrogen (secondary N) is 1. The Morgan fingerprint density at radius 1 is 1.58 bits per heavy atom. The van der Waals surface area contributed by atoms with Crippen LogP contribution >= 0.6 is 0 Å². The maximum Gasteiger partial charge on any atom is 0.232 e. The molecule has 0 aliphatic heterocycles. The van der Waals surface area contributed by atoms with Crippen LogP contribution in [0.1, 0.15) is 18.3 Å². The van der Waals surface area contributed by atoms with Crippen molar-refractivity contribution in [3.63, 3.8) is 0 Å². The highest BCUT2D eigenvalue weighted by Crippen LogP contribution is 1.99. The molecule has 1 aromatic rings. The summed E-state index contributed by atoms with van der Waals surface area (Å²) < 4.78 is 5.00. The molecule has 0 aromatic carbocycles. The lowest BCUT2D eigenvalue weighted by molar-refractivity contribution is 0.324. The van der Waals surface area contributed by atoms with E-state index in [1.54, 1.807) is 6.07 Å². The van der Waals surface area contributed by atoms with E-state index in [9.17, 15) is 0 Å². The third-order valence-electron chi connectivity index (χ3n) is 1.41. The summed E-state index contributed by atoms with van der Waals surface area (Å²) >= 11 is 0. The summed E-state index contributed by atoms with van der Waals surface area (Å²) in [5.41, 5.74) is 1.49. The van der Waals surface area contributed by atoms with Crippen LogP contribution in [0, 0.1) is 12.3 Å². The van der Waals surface area contributed by atoms with Gasteiger partial charge in [-0.1, -0.05) is 6.07 Å². The van der Waals surface area contributed by atoms with E-state index in [-0.39, 0.29) is 5.90 Å². The highest BCUT2D eigenvalue weighted by atomic mass is 16.5. The average molecular weight is 164 g/mol. The first kappa shape index (κ1) is 8.71. The first-order chi connectivity index (χ1) is 5.74. The zero-order chi connectivity index (χ0) is 8.97. The van der Waals surface area contributed by atoms with Gasteiger partial charge < -0.3 is 4.74 Å². The minimum atomic E-state index is 0.140. The van der Waals surface area contributed by atoms with Gasteiger partial charge in [-0.05, 0) is 26.0 Å². The van der Waals surface area contributed by atoms with Gasteiger partial charge >= 0.3 is 0 Å². The first-order valence-corrected chi connectivity index (χ1v) is 3.89. The molecule has 0 amide bonds. The molecule has 3 heteroatoms. The fourth-order valence-corrected chi connectivity index (χ4v) is 0.888. The number of hydrogen-bond donors (Lipinski definition) is 1. The predicted octanol–water partition coefficient (Wildman–Crippen LogP) is 1.75. The van der Waals surface area contributed by atoms with Crippen LogP contribution in [0.15, 0.2) is 18.2 Å². The van der Waals surface area contributed by atoms with Crippen molar-refractivity contribution >= 4 is 5.90 Å². The summed E-state index contributed by atoms with van der Waals surface area (Å²) in [6, 6.07) is 5.53. The highest BCUT2D eigenvalue weighted by molar-refractivity contribution is 5.89. The fourth-order valence-electron chi connectivity index (χ4n) is 0.888. The number of hydrogen-bond acceptors (Lipinski definition) is 3. The quantitative estimate of drug-likeness (QED) is 0.534. The molecule has 1 heterocycles. The Labute approximate surface area is 71.9 Å². The van der Waals surface area contributed by atoms with Crippen molar-refractivity contribution in [3.8, 4) is 0 Å². The average Bonchev–Trinajstić information content (AvgIpc) is 2.05. The predicted molar refractivity (Wildman–Crippen MR) is 47.4 cm³/mol. The Bertz CT molecular complexity index is 284. The summed E-state index contributed by atoms with van der Waals surface area (Å²) in [4.78, 5) is 4.14. The molecule has 0 atom stereocenters. The van der Waals surface area contributed by atoms with Crippen molar-refractivity contribution in [2.24, 2.45) is 0 Å². The molecule has 12 heavy (non-hydrogen) atoms. The summed E-state index contributed by atoms with van der Waals surface area (Å²) in [6.07, 6.45) is 0. The molecule has 1 aromatic heterocycles. The number of aryl methyl sites for hydroxylation is 1. The second kappa shape index (κ2) is 3.85. The van der Waals surface area contributed by atoms with Gasteiger partial charge in [0.25, 0.3) is 0 Å². The highest BCUT2D eigenvalue weighted by Gasteiger charge is 2.01. The molecule has 1 N–H and O–H groups in total. The number of nitrogens with zero attached hydrogens (tertiary/aromatic N) is 1. The molecule has 1 rings (SSSR count). The van der Waals surface area contributed by atoms with Gasteiger partial charge in [0.2, 0.25) is 5.90 Å². The second-order valence-electron chi connectivity index (χ2n) is 2.43. The summed E-state index contributed by atoms with van der Waals surface area (Å²) in [6.45, 7) is 4.25. The van der Waals surface area contributed by atoms with Crippen molar-refractivity contribution < 1.29 is 4.74 Å². The maximum atomic E-state index is 7.44. The molecule has 0 radical (unpaired) electrons. The van der Waals surface area contributed by atoms with Crippen LogP contribution < -0.4 is 0 Å². The molecule has 0 saturated heterocycles. The molecule has 0 unspecified atom stereocenters. The van der Waals surface area contributed by atoms with Gasteiger partial charge in [0.1, 0.15) is 5.69 Å². The van der Waals surface area contributed by atoms with E-state index in [1.165, 1.54) is 0 Å². The third-order valence-corrected chi connectivity index (χ3v) is 1.41. The molecule has 0 aliphatic rings. The number of aromatic nitrogens is 1. The van der Waals surface area contributed by atoms with Gasteiger partial charge in [0, 0.05) is 5.69 Å². The minimum Gasteiger partial charge on any atom is -0.477 e. The van der Waals surface area contributed by atoms with Gasteiger partial charge in [-0.15, -0.1) is 0 Å². The Kier molecular flexibility index (Phi) is 2.80. The van der Waals surface area contributed by atoms with Gasteiger partial charge in [0.05, 0.1) is 6.61 Å². The SMILES string of the molecule is CCOC(=N)c1cccc(C)n1. The van der Waals surface area contributed by atoms with E-state index < -0.39 is 0 Å². The molecule has 64 valence electrons. The van der Waals surface area contributed by atoms with Crippen LogP contribution in [0.2, 0.25) is 0 Å². The van der Waals surface area contributed by atoms with E-state index in [4.69, 9.17) is 10.1 Å². The van der Waals surface area contributed by atoms with Gasteiger partial charge in [-0.25, -0.2) is 4.98 Å². The summed E-state index contributed by atoms with van der Waals surface area (Å²) in [5.74, 6) is 0.140. The van der Waals surface area contributed by atoms with Crippen LogP contribution in [-0.4, -0.2) is 17.5 Å². The summed E-state index contributed by atoms with van der Waals surface area (Å²) in [7, 11) is 0. The Balaban J connectivity index is 2.81. The smallest absolute Gasteiger partial charge is 0.232 e. The lowest BCUT2D eigenvalue weighted by atomic mass is 10.3. The Morgan fingerprint density at radius 2 is 2.33 bits per heavy atom. The monoisotopic (exact) mass is 164 g/mol. The lowest BCUT2D eigenvalue weighted by Crippen LogP contribution is -2.07. The van der Waals surface area contributed by atoms with Crippen molar-refractivity contribution in [3.05, 3.63) is 29.6 Å². The van der Waals surface area contributed by atoms with E-state index in [0.29, 0.717) is 12.3 Å². The van der Waals surface area contributed by atoms with E-state index in [1.807, 2.05) is 26.0 Å². The maximum absolute atomic E-state index is 7.44. The normalized spacial score (nSPS) is 9.50. The third kappa shape index (κ3) is 2.05. The number of pyridine rings is 1. The van der Waals surface area contributed by atoms with Gasteiger partial charge in [0.15, 0.2) is 0 Å². The zero-order valence-electron chi connectivity index (χ0n) is 7.29. The molecular formula is C9H12N2O. The van der Waals surface area contributed by atoms with Crippen molar-refractivity contribution in [1.29, 1.82) is 5.41 Å². The standard InChI is InChI=1S/C9H12N2O/c1-3-12-9(10)8-6-4-5-7(2)11-8/h4-6,10H,3H2,1-2H3. The van der Waals surface area contributed by atoms with Gasteiger partial charge in [-0.2, -0.15) is 0 Å². The van der Waals surface area contributed by atoms with Gasteiger partial charge in [-0.3, -0.25) is 5.41 Å². The molecule has 0 saturated carbocycles. The van der Waals surface area contributed by atoms with Crippen LogP contribution in [0.3, 0.4) is 0 Å². The van der Waals surface area contributed by atoms with E-state index in [0.717, 1.165) is 5.69 Å². The Morgan fingerprint density at radius 3 is 2.92 bits per heavy atom. The van der Waals surface area contributed by atoms with Crippen LogP contribution in [0.5, 0.6) is 0 Å². The first-order valence-electron chi connectivity index (χ1n) is 3.89. The summed E-state index contributed by atoms with van der Waals surface area (Å²) in [5, 5.41) is 7.44. The van der Waals surface area contributed by atoms with E-state index >= 15 is 0 Å². The van der Waals surface area contributed by atoms with Crippen LogP contribution in [0.4, 0.5) is 0 Å². The minimum absolute atomic E-state index is 0.140. The van der Waals surface area contributed by atoms with Crippen molar-refractivity contribution in [2.75, 3.05) is 6.61 Å². The zero-order valence-corrected chi connectivity index (χ0v) is 7.29. The molecule has 0 fully saturated rings. The Hall–Kier alpha value is -1.38. The number of rotatable bonds is 2. The van der Waals surface area contributed by atoms with E-state index in [2.05, 4.69) is 4.98 Å².